The number of ether oxygens (including phenoxy) is 2. The van der Waals surface area contributed by atoms with Crippen LogP contribution in [0.3, 0.4) is 0 Å². The first kappa shape index (κ1) is 22.1. The second-order valence-electron chi connectivity index (χ2n) is 8.12. The van der Waals surface area contributed by atoms with Crippen molar-refractivity contribution in [3.05, 3.63) is 53.8 Å². The molecule has 9 heteroatoms. The Morgan fingerprint density at radius 2 is 1.71 bits per heavy atom. The molecule has 0 spiro atoms. The second kappa shape index (κ2) is 9.03. The van der Waals surface area contributed by atoms with Crippen molar-refractivity contribution < 1.29 is 28.2 Å². The van der Waals surface area contributed by atoms with Crippen LogP contribution in [-0.2, 0) is 9.53 Å². The highest BCUT2D eigenvalue weighted by molar-refractivity contribution is 5.96. The minimum Gasteiger partial charge on any atom is -0.457 e. The number of carbonyl (C=O) groups excluding carboxylic acids is 3. The number of benzene rings is 2. The Kier molecular flexibility index (Phi) is 6.43. The Balaban J connectivity index is 1.61. The molecule has 1 saturated carbocycles. The van der Waals surface area contributed by atoms with Gasteiger partial charge in [0.15, 0.2) is 5.82 Å². The molecule has 0 bridgehead atoms. The summed E-state index contributed by atoms with van der Waals surface area (Å²) in [5.74, 6) is -0.975. The number of nitrogens with one attached hydrogen (secondary N) is 3. The number of hydrogen-bond acceptors (Lipinski definition) is 5. The molecular formula is C22H24FN3O5. The normalized spacial score (nSPS) is 13.2. The minimum absolute atomic E-state index is 0.0300. The molecule has 3 rings (SSSR count). The first-order chi connectivity index (χ1) is 14.6. The third kappa shape index (κ3) is 6.70. The van der Waals surface area contributed by atoms with Crippen LogP contribution in [0.1, 0.15) is 44.0 Å². The molecule has 31 heavy (non-hydrogen) atoms. The summed E-state index contributed by atoms with van der Waals surface area (Å²) in [6.45, 7) is 5.11. The maximum Gasteiger partial charge on any atom is 0.412 e. The van der Waals surface area contributed by atoms with Gasteiger partial charge in [-0.1, -0.05) is 6.07 Å². The second-order valence-corrected chi connectivity index (χ2v) is 8.12. The summed E-state index contributed by atoms with van der Waals surface area (Å²) in [4.78, 5) is 35.6. The van der Waals surface area contributed by atoms with Crippen LogP contribution in [0.15, 0.2) is 42.5 Å². The zero-order valence-electron chi connectivity index (χ0n) is 17.5. The fraction of sp³-hybridized carbons (Fsp3) is 0.318. The van der Waals surface area contributed by atoms with E-state index in [2.05, 4.69) is 16.2 Å². The maximum atomic E-state index is 14.3. The Hall–Kier alpha value is -3.62. The number of anilines is 1. The highest BCUT2D eigenvalue weighted by Gasteiger charge is 2.29. The predicted octanol–water partition coefficient (Wildman–Crippen LogP) is 4.14. The third-order valence-electron chi connectivity index (χ3n) is 4.16. The van der Waals surface area contributed by atoms with Gasteiger partial charge in [0.25, 0.3) is 5.91 Å². The number of halogens is 1. The first-order valence-electron chi connectivity index (χ1n) is 9.78. The van der Waals surface area contributed by atoms with E-state index in [1.54, 1.807) is 39.0 Å². The molecule has 2 aromatic rings. The topological polar surface area (TPSA) is 106 Å². The van der Waals surface area contributed by atoms with Crippen LogP contribution in [0, 0.1) is 11.7 Å². The van der Waals surface area contributed by atoms with E-state index in [4.69, 9.17) is 9.47 Å². The number of hydrogen-bond donors (Lipinski definition) is 3. The van der Waals surface area contributed by atoms with E-state index in [-0.39, 0.29) is 28.8 Å². The van der Waals surface area contributed by atoms with E-state index in [1.807, 2.05) is 0 Å². The lowest BCUT2D eigenvalue weighted by Gasteiger charge is -2.19. The van der Waals surface area contributed by atoms with Gasteiger partial charge >= 0.3 is 6.09 Å². The molecule has 0 unspecified atom stereocenters. The van der Waals surface area contributed by atoms with E-state index in [0.717, 1.165) is 18.9 Å². The predicted molar refractivity (Wildman–Crippen MR) is 111 cm³/mol. The molecule has 1 aliphatic rings. The molecule has 3 amide bonds. The van der Waals surface area contributed by atoms with Crippen LogP contribution in [0.2, 0.25) is 0 Å². The molecule has 0 heterocycles. The Labute approximate surface area is 179 Å². The summed E-state index contributed by atoms with van der Waals surface area (Å²) < 4.78 is 25.1. The SMILES string of the molecule is CC(C)(C)OC(=O)Nc1ccc(Oc2cccc(C(=O)NNC(=O)C3CC3)c2)cc1F. The van der Waals surface area contributed by atoms with E-state index < -0.39 is 23.4 Å². The molecule has 1 fully saturated rings. The lowest BCUT2D eigenvalue weighted by Crippen LogP contribution is -2.42. The number of hydrazine groups is 1. The molecule has 0 aliphatic heterocycles. The van der Waals surface area contributed by atoms with Crippen molar-refractivity contribution in [3.8, 4) is 11.5 Å². The molecule has 1 aliphatic carbocycles. The summed E-state index contributed by atoms with van der Waals surface area (Å²) in [6.07, 6.45) is 0.883. The molecule has 0 atom stereocenters. The van der Waals surface area contributed by atoms with Crippen LogP contribution in [0.5, 0.6) is 11.5 Å². The lowest BCUT2D eigenvalue weighted by atomic mass is 10.2. The van der Waals surface area contributed by atoms with Crippen LogP contribution < -0.4 is 20.9 Å². The van der Waals surface area contributed by atoms with Crippen molar-refractivity contribution >= 4 is 23.6 Å². The van der Waals surface area contributed by atoms with Gasteiger partial charge in [0.2, 0.25) is 5.91 Å². The zero-order chi connectivity index (χ0) is 22.6. The quantitative estimate of drug-likeness (QED) is 0.620. The Morgan fingerprint density at radius 3 is 2.35 bits per heavy atom. The highest BCUT2D eigenvalue weighted by atomic mass is 19.1. The van der Waals surface area contributed by atoms with Gasteiger partial charge in [-0.25, -0.2) is 9.18 Å². The summed E-state index contributed by atoms with van der Waals surface area (Å²) in [7, 11) is 0. The van der Waals surface area contributed by atoms with Crippen LogP contribution in [-0.4, -0.2) is 23.5 Å². The fourth-order valence-electron chi connectivity index (χ4n) is 2.55. The molecular weight excluding hydrogens is 405 g/mol. The molecule has 0 radical (unpaired) electrons. The van der Waals surface area contributed by atoms with Crippen molar-refractivity contribution in [3.63, 3.8) is 0 Å². The summed E-state index contributed by atoms with van der Waals surface area (Å²) in [6, 6.07) is 10.1. The average Bonchev–Trinajstić information content (AvgIpc) is 3.52. The monoisotopic (exact) mass is 429 g/mol. The van der Waals surface area contributed by atoms with E-state index in [1.165, 1.54) is 18.2 Å². The largest absolute Gasteiger partial charge is 0.457 e. The van der Waals surface area contributed by atoms with E-state index >= 15 is 0 Å². The maximum absolute atomic E-state index is 14.3. The van der Waals surface area contributed by atoms with Crippen molar-refractivity contribution in [1.82, 2.24) is 10.9 Å². The van der Waals surface area contributed by atoms with Crippen LogP contribution in [0.25, 0.3) is 0 Å². The van der Waals surface area contributed by atoms with Crippen molar-refractivity contribution in [2.45, 2.75) is 39.2 Å². The Bertz CT molecular complexity index is 999. The average molecular weight is 429 g/mol. The highest BCUT2D eigenvalue weighted by Crippen LogP contribution is 2.29. The standard InChI is InChI=1S/C22H24FN3O5/c1-22(2,3)31-21(29)24-18-10-9-16(12-17(18)23)30-15-6-4-5-14(11-15)20(28)26-25-19(27)13-7-8-13/h4-6,9-13H,7-8H2,1-3H3,(H,24,29)(H,25,27)(H,26,28). The van der Waals surface area contributed by atoms with Gasteiger partial charge in [-0.3, -0.25) is 25.8 Å². The van der Waals surface area contributed by atoms with E-state index in [9.17, 15) is 18.8 Å². The van der Waals surface area contributed by atoms with E-state index in [0.29, 0.717) is 5.75 Å². The molecule has 164 valence electrons. The van der Waals surface area contributed by atoms with Crippen molar-refractivity contribution in [1.29, 1.82) is 0 Å². The first-order valence-corrected chi connectivity index (χ1v) is 9.78. The third-order valence-corrected chi connectivity index (χ3v) is 4.16. The summed E-state index contributed by atoms with van der Waals surface area (Å²) >= 11 is 0. The van der Waals surface area contributed by atoms with Crippen LogP contribution in [0.4, 0.5) is 14.9 Å². The molecule has 8 nitrogen and oxygen atoms in total. The molecule has 0 aromatic heterocycles. The number of carbonyl (C=O) groups is 3. The lowest BCUT2D eigenvalue weighted by molar-refractivity contribution is -0.123. The molecule has 0 saturated heterocycles. The van der Waals surface area contributed by atoms with Gasteiger partial charge in [0.1, 0.15) is 17.1 Å². The van der Waals surface area contributed by atoms with Gasteiger partial charge in [0, 0.05) is 17.5 Å². The number of rotatable bonds is 5. The molecule has 3 N–H and O–H groups in total. The van der Waals surface area contributed by atoms with Gasteiger partial charge in [-0.05, 0) is 63.9 Å². The van der Waals surface area contributed by atoms with Gasteiger partial charge in [-0.2, -0.15) is 0 Å². The minimum atomic E-state index is -0.771. The molecule has 2 aromatic carbocycles. The summed E-state index contributed by atoms with van der Waals surface area (Å²) in [5, 5.41) is 2.34. The van der Waals surface area contributed by atoms with Crippen molar-refractivity contribution in [2.24, 2.45) is 5.92 Å². The van der Waals surface area contributed by atoms with Crippen LogP contribution >= 0.6 is 0 Å². The van der Waals surface area contributed by atoms with Gasteiger partial charge < -0.3 is 9.47 Å². The zero-order valence-corrected chi connectivity index (χ0v) is 17.5. The summed E-state index contributed by atoms with van der Waals surface area (Å²) in [5.41, 5.74) is 4.24. The van der Waals surface area contributed by atoms with Gasteiger partial charge in [0.05, 0.1) is 5.69 Å². The smallest absolute Gasteiger partial charge is 0.412 e. The van der Waals surface area contributed by atoms with Crippen molar-refractivity contribution in [2.75, 3.05) is 5.32 Å². The fourth-order valence-corrected chi connectivity index (χ4v) is 2.55. The Morgan fingerprint density at radius 1 is 1.00 bits per heavy atom. The van der Waals surface area contributed by atoms with Gasteiger partial charge in [-0.15, -0.1) is 0 Å². The number of amides is 3.